The first kappa shape index (κ1) is 10.0. The molecule has 0 aliphatic rings. The van der Waals surface area contributed by atoms with Crippen molar-refractivity contribution in [2.45, 2.75) is 4.90 Å². The lowest BCUT2D eigenvalue weighted by Gasteiger charge is -1.98. The zero-order valence-corrected chi connectivity index (χ0v) is 7.71. The van der Waals surface area contributed by atoms with E-state index in [0.717, 1.165) is 16.9 Å². The molecular weight excluding hydrogens is 192 g/mol. The Morgan fingerprint density at radius 3 is 2.46 bits per heavy atom. The number of hydrogen-bond donors (Lipinski definition) is 1. The van der Waals surface area contributed by atoms with Gasteiger partial charge in [-0.3, -0.25) is 0 Å². The summed E-state index contributed by atoms with van der Waals surface area (Å²) in [7, 11) is 1.40. The molecule has 0 fully saturated rings. The highest BCUT2D eigenvalue weighted by molar-refractivity contribution is 7.94. The summed E-state index contributed by atoms with van der Waals surface area (Å²) in [4.78, 5) is 15.6. The summed E-state index contributed by atoms with van der Waals surface area (Å²) in [6.45, 7) is 0. The highest BCUT2D eigenvalue weighted by Crippen LogP contribution is 2.19. The van der Waals surface area contributed by atoms with Gasteiger partial charge in [0.05, 0.1) is 24.7 Å². The zero-order valence-electron chi connectivity index (χ0n) is 6.89. The van der Waals surface area contributed by atoms with Gasteiger partial charge in [0.2, 0.25) is 0 Å². The summed E-state index contributed by atoms with van der Waals surface area (Å²) in [6.07, 6.45) is 0. The van der Waals surface area contributed by atoms with Gasteiger partial charge >= 0.3 is 5.97 Å². The van der Waals surface area contributed by atoms with Crippen molar-refractivity contribution >= 4 is 18.0 Å². The van der Waals surface area contributed by atoms with E-state index in [1.54, 1.807) is 12.1 Å². The summed E-state index contributed by atoms with van der Waals surface area (Å²) in [5, 5.41) is 8.59. The molecular formula is C8H8O4S. The molecule has 13 heavy (non-hydrogen) atoms. The molecule has 0 radical (unpaired) electrons. The Bertz CT molecular complexity index is 283. The molecule has 0 saturated carbocycles. The Labute approximate surface area is 79.6 Å². The topological polar surface area (TPSA) is 55.8 Å². The standard InChI is InChI=1S/C8H8O4S/c1-11-12-13-7-4-2-6(3-5-7)8(9)10/h2-5H,1H3,(H,9,10). The van der Waals surface area contributed by atoms with Gasteiger partial charge < -0.3 is 5.11 Å². The predicted molar refractivity (Wildman–Crippen MR) is 47.4 cm³/mol. The van der Waals surface area contributed by atoms with Crippen molar-refractivity contribution in [3.8, 4) is 0 Å². The van der Waals surface area contributed by atoms with E-state index in [0.29, 0.717) is 0 Å². The van der Waals surface area contributed by atoms with Gasteiger partial charge in [0.15, 0.2) is 0 Å². The Morgan fingerprint density at radius 1 is 1.38 bits per heavy atom. The molecule has 0 aliphatic carbocycles. The van der Waals surface area contributed by atoms with Gasteiger partial charge in [-0.1, -0.05) is 0 Å². The minimum atomic E-state index is -0.941. The number of rotatable bonds is 4. The summed E-state index contributed by atoms with van der Waals surface area (Å²) in [5.74, 6) is -0.941. The minimum Gasteiger partial charge on any atom is -0.478 e. The highest BCUT2D eigenvalue weighted by atomic mass is 32.2. The largest absolute Gasteiger partial charge is 0.478 e. The van der Waals surface area contributed by atoms with Gasteiger partial charge in [0.25, 0.3) is 0 Å². The van der Waals surface area contributed by atoms with Gasteiger partial charge in [0, 0.05) is 4.90 Å². The number of aromatic carboxylic acids is 1. The third kappa shape index (κ3) is 3.06. The number of hydrogen-bond acceptors (Lipinski definition) is 4. The summed E-state index contributed by atoms with van der Waals surface area (Å²) >= 11 is 1.03. The average molecular weight is 200 g/mol. The van der Waals surface area contributed by atoms with Crippen molar-refractivity contribution in [1.82, 2.24) is 0 Å². The van der Waals surface area contributed by atoms with Crippen LogP contribution in [-0.4, -0.2) is 18.2 Å². The van der Waals surface area contributed by atoms with E-state index in [1.165, 1.54) is 19.2 Å². The maximum absolute atomic E-state index is 10.5. The summed E-state index contributed by atoms with van der Waals surface area (Å²) < 4.78 is 4.59. The number of carbonyl (C=O) groups is 1. The Morgan fingerprint density at radius 2 is 2.00 bits per heavy atom. The summed E-state index contributed by atoms with van der Waals surface area (Å²) in [6, 6.07) is 6.30. The van der Waals surface area contributed by atoms with E-state index in [9.17, 15) is 4.79 Å². The Hall–Kier alpha value is -1.04. The third-order valence-corrected chi connectivity index (χ3v) is 1.97. The fraction of sp³-hybridized carbons (Fsp3) is 0.125. The molecule has 5 heteroatoms. The van der Waals surface area contributed by atoms with Crippen molar-refractivity contribution in [1.29, 1.82) is 0 Å². The van der Waals surface area contributed by atoms with Crippen LogP contribution in [0.15, 0.2) is 29.2 Å². The normalized spacial score (nSPS) is 9.92. The Kier molecular flexibility index (Phi) is 3.75. The van der Waals surface area contributed by atoms with Gasteiger partial charge in [0.1, 0.15) is 0 Å². The molecule has 0 heterocycles. The first-order valence-corrected chi connectivity index (χ1v) is 4.19. The monoisotopic (exact) mass is 200 g/mol. The Balaban J connectivity index is 2.64. The maximum atomic E-state index is 10.5. The lowest BCUT2D eigenvalue weighted by atomic mass is 10.2. The van der Waals surface area contributed by atoms with Crippen LogP contribution in [0.5, 0.6) is 0 Å². The second-order valence-electron chi connectivity index (χ2n) is 2.15. The molecule has 0 saturated heterocycles. The van der Waals surface area contributed by atoms with Crippen LogP contribution in [0.3, 0.4) is 0 Å². The van der Waals surface area contributed by atoms with Crippen LogP contribution in [-0.2, 0) is 9.22 Å². The lowest BCUT2D eigenvalue weighted by Crippen LogP contribution is -1.94. The molecule has 4 nitrogen and oxygen atoms in total. The van der Waals surface area contributed by atoms with Crippen LogP contribution in [0.2, 0.25) is 0 Å². The van der Waals surface area contributed by atoms with Crippen LogP contribution < -0.4 is 0 Å². The van der Waals surface area contributed by atoms with Crippen molar-refractivity contribution in [3.05, 3.63) is 29.8 Å². The smallest absolute Gasteiger partial charge is 0.335 e. The third-order valence-electron chi connectivity index (χ3n) is 1.30. The number of benzene rings is 1. The van der Waals surface area contributed by atoms with Crippen LogP contribution >= 0.6 is 12.0 Å². The predicted octanol–water partition coefficient (Wildman–Crippen LogP) is 1.97. The van der Waals surface area contributed by atoms with Crippen molar-refractivity contribution < 1.29 is 19.1 Å². The maximum Gasteiger partial charge on any atom is 0.335 e. The zero-order chi connectivity index (χ0) is 9.68. The number of carboxylic acid groups (broad SMARTS) is 1. The minimum absolute atomic E-state index is 0.252. The molecule has 1 aromatic rings. The molecule has 0 aliphatic heterocycles. The van der Waals surface area contributed by atoms with Crippen LogP contribution in [0.4, 0.5) is 0 Å². The highest BCUT2D eigenvalue weighted by Gasteiger charge is 2.01. The molecule has 1 aromatic carbocycles. The first-order chi connectivity index (χ1) is 6.24. The van der Waals surface area contributed by atoms with E-state index >= 15 is 0 Å². The molecule has 0 bridgehead atoms. The van der Waals surface area contributed by atoms with Gasteiger partial charge in [-0.15, -0.1) is 0 Å². The molecule has 0 atom stereocenters. The lowest BCUT2D eigenvalue weighted by molar-refractivity contribution is -0.160. The van der Waals surface area contributed by atoms with Gasteiger partial charge in [-0.2, -0.15) is 4.33 Å². The van der Waals surface area contributed by atoms with Gasteiger partial charge in [-0.05, 0) is 24.3 Å². The van der Waals surface area contributed by atoms with E-state index in [-0.39, 0.29) is 5.56 Å². The second kappa shape index (κ2) is 4.86. The molecule has 0 amide bonds. The van der Waals surface area contributed by atoms with Crippen molar-refractivity contribution in [2.24, 2.45) is 0 Å². The van der Waals surface area contributed by atoms with E-state index in [4.69, 9.17) is 5.11 Å². The number of carboxylic acids is 1. The average Bonchev–Trinajstić information content (AvgIpc) is 2.15. The van der Waals surface area contributed by atoms with Crippen molar-refractivity contribution in [3.63, 3.8) is 0 Å². The van der Waals surface area contributed by atoms with E-state index in [1.807, 2.05) is 0 Å². The van der Waals surface area contributed by atoms with Gasteiger partial charge in [-0.25, -0.2) is 9.68 Å². The van der Waals surface area contributed by atoms with Crippen LogP contribution in [0, 0.1) is 0 Å². The van der Waals surface area contributed by atoms with E-state index < -0.39 is 5.97 Å². The SMILES string of the molecule is COOSc1ccc(C(=O)O)cc1. The van der Waals surface area contributed by atoms with Crippen molar-refractivity contribution in [2.75, 3.05) is 7.11 Å². The molecule has 1 N–H and O–H groups in total. The van der Waals surface area contributed by atoms with Crippen LogP contribution in [0.25, 0.3) is 0 Å². The second-order valence-corrected chi connectivity index (χ2v) is 2.92. The van der Waals surface area contributed by atoms with E-state index in [2.05, 4.69) is 9.22 Å². The quantitative estimate of drug-likeness (QED) is 0.457. The summed E-state index contributed by atoms with van der Waals surface area (Å²) in [5.41, 5.74) is 0.252. The first-order valence-electron chi connectivity index (χ1n) is 3.44. The molecule has 0 spiro atoms. The van der Waals surface area contributed by atoms with Crippen LogP contribution in [0.1, 0.15) is 10.4 Å². The fourth-order valence-corrected chi connectivity index (χ4v) is 1.12. The fourth-order valence-electron chi connectivity index (χ4n) is 0.726. The molecule has 70 valence electrons. The molecule has 1 rings (SSSR count). The molecule has 0 unspecified atom stereocenters. The molecule has 0 aromatic heterocycles.